The van der Waals surface area contributed by atoms with Crippen molar-refractivity contribution in [2.75, 3.05) is 5.75 Å². The predicted octanol–water partition coefficient (Wildman–Crippen LogP) is 2.72. The van der Waals surface area contributed by atoms with Gasteiger partial charge in [-0.25, -0.2) is 4.39 Å². The summed E-state index contributed by atoms with van der Waals surface area (Å²) in [6.07, 6.45) is 4.86. The zero-order valence-corrected chi connectivity index (χ0v) is 11.3. The van der Waals surface area contributed by atoms with Gasteiger partial charge in [-0.3, -0.25) is 4.21 Å². The summed E-state index contributed by atoms with van der Waals surface area (Å²) in [5.74, 6) is 1.35. The highest BCUT2D eigenvalue weighted by atomic mass is 32.2. The third kappa shape index (κ3) is 3.62. The van der Waals surface area contributed by atoms with Gasteiger partial charge in [-0.1, -0.05) is 25.0 Å². The van der Waals surface area contributed by atoms with Gasteiger partial charge in [0.15, 0.2) is 0 Å². The Morgan fingerprint density at radius 1 is 1.33 bits per heavy atom. The number of hydrogen-bond donors (Lipinski definition) is 1. The van der Waals surface area contributed by atoms with Crippen molar-refractivity contribution in [1.82, 2.24) is 0 Å². The van der Waals surface area contributed by atoms with Crippen LogP contribution in [0.4, 0.5) is 4.39 Å². The summed E-state index contributed by atoms with van der Waals surface area (Å²) in [6.45, 7) is 0.336. The molecule has 1 atom stereocenters. The van der Waals surface area contributed by atoms with Gasteiger partial charge < -0.3 is 5.73 Å². The maximum Gasteiger partial charge on any atom is 0.127 e. The highest BCUT2D eigenvalue weighted by molar-refractivity contribution is 7.84. The topological polar surface area (TPSA) is 43.1 Å². The molecule has 1 aromatic rings. The monoisotopic (exact) mass is 269 g/mol. The molecule has 100 valence electrons. The van der Waals surface area contributed by atoms with E-state index in [4.69, 9.17) is 5.73 Å². The summed E-state index contributed by atoms with van der Waals surface area (Å²) in [6, 6.07) is 4.97. The van der Waals surface area contributed by atoms with E-state index in [1.807, 2.05) is 6.07 Å². The molecule has 2 rings (SSSR count). The fraction of sp³-hybridized carbons (Fsp3) is 0.571. The van der Waals surface area contributed by atoms with Crippen LogP contribution in [-0.2, 0) is 23.1 Å². The van der Waals surface area contributed by atoms with Gasteiger partial charge in [0.05, 0.1) is 5.75 Å². The van der Waals surface area contributed by atoms with Crippen LogP contribution in [0.3, 0.4) is 0 Å². The van der Waals surface area contributed by atoms with Gasteiger partial charge in [-0.2, -0.15) is 0 Å². The molecule has 0 saturated heterocycles. The molecule has 4 heteroatoms. The minimum atomic E-state index is -0.951. The Balaban J connectivity index is 1.93. The van der Waals surface area contributed by atoms with Crippen LogP contribution >= 0.6 is 0 Å². The maximum absolute atomic E-state index is 13.7. The first kappa shape index (κ1) is 13.7. The second kappa shape index (κ2) is 6.43. The second-order valence-corrected chi connectivity index (χ2v) is 6.53. The maximum atomic E-state index is 13.7. The van der Waals surface area contributed by atoms with Crippen molar-refractivity contribution in [3.8, 4) is 0 Å². The fourth-order valence-electron chi connectivity index (χ4n) is 2.51. The molecule has 1 fully saturated rings. The van der Waals surface area contributed by atoms with E-state index < -0.39 is 10.8 Å². The molecule has 0 radical (unpaired) electrons. The standard InChI is InChI=1S/C14H20FNOS/c15-14-7-12(8-16)5-6-13(14)10-18(17)9-11-3-1-2-4-11/h5-7,11H,1-4,8-10,16H2. The van der Waals surface area contributed by atoms with Crippen LogP contribution in [0, 0.1) is 11.7 Å². The summed E-state index contributed by atoms with van der Waals surface area (Å²) >= 11 is 0. The van der Waals surface area contributed by atoms with E-state index >= 15 is 0 Å². The third-order valence-corrected chi connectivity index (χ3v) is 5.04. The Hall–Kier alpha value is -0.740. The lowest BCUT2D eigenvalue weighted by Gasteiger charge is -2.09. The third-order valence-electron chi connectivity index (χ3n) is 3.57. The molecular weight excluding hydrogens is 249 g/mol. The van der Waals surface area contributed by atoms with Crippen LogP contribution in [0.5, 0.6) is 0 Å². The molecule has 1 aliphatic rings. The Morgan fingerprint density at radius 3 is 2.67 bits per heavy atom. The lowest BCUT2D eigenvalue weighted by molar-refractivity contribution is 0.599. The minimum absolute atomic E-state index is 0.280. The molecule has 0 aliphatic heterocycles. The van der Waals surface area contributed by atoms with E-state index in [-0.39, 0.29) is 5.82 Å². The lowest BCUT2D eigenvalue weighted by atomic mass is 10.1. The summed E-state index contributed by atoms with van der Waals surface area (Å²) in [7, 11) is -0.951. The number of nitrogens with two attached hydrogens (primary N) is 1. The zero-order chi connectivity index (χ0) is 13.0. The molecule has 0 amide bonds. The van der Waals surface area contributed by atoms with Crippen molar-refractivity contribution in [2.24, 2.45) is 11.7 Å². The molecule has 1 saturated carbocycles. The number of halogens is 1. The van der Waals surface area contributed by atoms with E-state index in [0.717, 1.165) is 11.3 Å². The second-order valence-electron chi connectivity index (χ2n) is 5.03. The molecule has 0 heterocycles. The van der Waals surface area contributed by atoms with Crippen LogP contribution in [0.1, 0.15) is 36.8 Å². The molecule has 0 aromatic heterocycles. The van der Waals surface area contributed by atoms with Gasteiger partial charge in [0.25, 0.3) is 0 Å². The van der Waals surface area contributed by atoms with Crippen LogP contribution in [0.2, 0.25) is 0 Å². The molecule has 1 aromatic carbocycles. The van der Waals surface area contributed by atoms with Crippen molar-refractivity contribution in [3.63, 3.8) is 0 Å². The summed E-state index contributed by atoms with van der Waals surface area (Å²) in [5, 5.41) is 0. The first-order chi connectivity index (χ1) is 8.69. The van der Waals surface area contributed by atoms with Crippen LogP contribution in [-0.4, -0.2) is 9.96 Å². The first-order valence-electron chi connectivity index (χ1n) is 6.51. The Bertz CT molecular complexity index is 430. The Kier molecular flexibility index (Phi) is 4.89. The molecule has 2 N–H and O–H groups in total. The van der Waals surface area contributed by atoms with Gasteiger partial charge in [-0.05, 0) is 30.4 Å². The highest BCUT2D eigenvalue weighted by Gasteiger charge is 2.18. The molecule has 1 aliphatic carbocycles. The SMILES string of the molecule is NCc1ccc(CS(=O)CC2CCCC2)c(F)c1. The summed E-state index contributed by atoms with van der Waals surface area (Å²) in [4.78, 5) is 0. The predicted molar refractivity (Wildman–Crippen MR) is 73.0 cm³/mol. The van der Waals surface area contributed by atoms with Crippen LogP contribution in [0.25, 0.3) is 0 Å². The van der Waals surface area contributed by atoms with Crippen molar-refractivity contribution in [2.45, 2.75) is 38.0 Å². The number of benzene rings is 1. The van der Waals surface area contributed by atoms with E-state index in [0.29, 0.717) is 23.8 Å². The van der Waals surface area contributed by atoms with Gasteiger partial charge >= 0.3 is 0 Å². The molecule has 2 nitrogen and oxygen atoms in total. The van der Waals surface area contributed by atoms with Gasteiger partial charge in [0.1, 0.15) is 5.82 Å². The summed E-state index contributed by atoms with van der Waals surface area (Å²) < 4.78 is 25.7. The molecule has 1 unspecified atom stereocenters. The fourth-order valence-corrected chi connectivity index (χ4v) is 4.07. The van der Waals surface area contributed by atoms with Crippen molar-refractivity contribution in [1.29, 1.82) is 0 Å². The average molecular weight is 269 g/mol. The highest BCUT2D eigenvalue weighted by Crippen LogP contribution is 2.26. The van der Waals surface area contributed by atoms with E-state index in [1.165, 1.54) is 31.7 Å². The van der Waals surface area contributed by atoms with Crippen LogP contribution < -0.4 is 5.73 Å². The number of hydrogen-bond acceptors (Lipinski definition) is 2. The normalized spacial score (nSPS) is 18.1. The molecular formula is C14H20FNOS. The number of rotatable bonds is 5. The Morgan fingerprint density at radius 2 is 2.06 bits per heavy atom. The Labute approximate surface area is 110 Å². The lowest BCUT2D eigenvalue weighted by Crippen LogP contribution is -2.10. The van der Waals surface area contributed by atoms with Crippen molar-refractivity contribution >= 4 is 10.8 Å². The van der Waals surface area contributed by atoms with Gasteiger partial charge in [0, 0.05) is 28.7 Å². The van der Waals surface area contributed by atoms with E-state index in [2.05, 4.69) is 0 Å². The van der Waals surface area contributed by atoms with Gasteiger partial charge in [-0.15, -0.1) is 0 Å². The molecule has 18 heavy (non-hydrogen) atoms. The van der Waals surface area contributed by atoms with Crippen molar-refractivity contribution < 1.29 is 8.60 Å². The van der Waals surface area contributed by atoms with Crippen LogP contribution in [0.15, 0.2) is 18.2 Å². The van der Waals surface area contributed by atoms with E-state index in [9.17, 15) is 8.60 Å². The first-order valence-corrected chi connectivity index (χ1v) is 8.00. The van der Waals surface area contributed by atoms with Crippen molar-refractivity contribution in [3.05, 3.63) is 35.1 Å². The largest absolute Gasteiger partial charge is 0.326 e. The molecule has 0 bridgehead atoms. The van der Waals surface area contributed by atoms with E-state index in [1.54, 1.807) is 6.07 Å². The smallest absolute Gasteiger partial charge is 0.127 e. The quantitative estimate of drug-likeness (QED) is 0.893. The zero-order valence-electron chi connectivity index (χ0n) is 10.5. The minimum Gasteiger partial charge on any atom is -0.326 e. The molecule has 0 spiro atoms. The van der Waals surface area contributed by atoms with Gasteiger partial charge in [0.2, 0.25) is 0 Å². The average Bonchev–Trinajstić information content (AvgIpc) is 2.84. The summed E-state index contributed by atoms with van der Waals surface area (Å²) in [5.41, 5.74) is 6.77.